The third-order valence-corrected chi connectivity index (χ3v) is 3.15. The number of anilines is 1. The third kappa shape index (κ3) is 4.90. The summed E-state index contributed by atoms with van der Waals surface area (Å²) in [6.07, 6.45) is 3.52. The number of hydrogen-bond acceptors (Lipinski definition) is 3. The van der Waals surface area contributed by atoms with E-state index in [9.17, 15) is 9.90 Å². The molecule has 1 aromatic rings. The number of hydrogen-bond donors (Lipinski definition) is 3. The Balaban J connectivity index is 2.42. The number of rotatable bonds is 7. The molecule has 0 radical (unpaired) electrons. The van der Waals surface area contributed by atoms with E-state index in [4.69, 9.17) is 0 Å². The summed E-state index contributed by atoms with van der Waals surface area (Å²) in [5, 5.41) is 19.1. The first-order chi connectivity index (χ1) is 9.08. The van der Waals surface area contributed by atoms with Gasteiger partial charge in [-0.05, 0) is 26.2 Å². The van der Waals surface area contributed by atoms with Gasteiger partial charge in [-0.2, -0.15) is 5.10 Å². The lowest BCUT2D eigenvalue weighted by Gasteiger charge is -2.15. The molecule has 3 N–H and O–H groups in total. The number of nitrogens with one attached hydrogen (secondary N) is 2. The van der Waals surface area contributed by atoms with Crippen LogP contribution in [-0.4, -0.2) is 33.6 Å². The Morgan fingerprint density at radius 1 is 1.47 bits per heavy atom. The molecule has 2 unspecified atom stereocenters. The highest BCUT2D eigenvalue weighted by molar-refractivity contribution is 5.88. The van der Waals surface area contributed by atoms with Gasteiger partial charge >= 0.3 is 6.03 Å². The maximum absolute atomic E-state index is 11.7. The number of carbonyl (C=O) groups is 1. The van der Waals surface area contributed by atoms with Gasteiger partial charge in [0.05, 0.1) is 18.3 Å². The predicted octanol–water partition coefficient (Wildman–Crippen LogP) is 2.14. The van der Waals surface area contributed by atoms with E-state index in [1.165, 1.54) is 0 Å². The van der Waals surface area contributed by atoms with Crippen LogP contribution in [0.25, 0.3) is 0 Å². The number of urea groups is 1. The third-order valence-electron chi connectivity index (χ3n) is 3.15. The van der Waals surface area contributed by atoms with Crippen LogP contribution in [0.1, 0.15) is 46.1 Å². The maximum atomic E-state index is 11.7. The van der Waals surface area contributed by atoms with E-state index in [1.54, 1.807) is 16.9 Å². The molecule has 0 saturated heterocycles. The normalized spacial score (nSPS) is 13.9. The van der Waals surface area contributed by atoms with E-state index >= 15 is 0 Å². The van der Waals surface area contributed by atoms with Crippen LogP contribution in [0.15, 0.2) is 12.3 Å². The summed E-state index contributed by atoms with van der Waals surface area (Å²) < 4.78 is 1.79. The smallest absolute Gasteiger partial charge is 0.320 e. The Labute approximate surface area is 114 Å². The molecular formula is C13H24N4O2. The number of nitrogens with zero attached hydrogens (tertiary/aromatic N) is 2. The molecule has 2 amide bonds. The van der Waals surface area contributed by atoms with E-state index in [1.807, 2.05) is 13.8 Å². The predicted molar refractivity (Wildman–Crippen MR) is 75.2 cm³/mol. The molecule has 0 aliphatic rings. The minimum atomic E-state index is -0.356. The first-order valence-electron chi connectivity index (χ1n) is 6.84. The van der Waals surface area contributed by atoms with Gasteiger partial charge in [-0.1, -0.05) is 13.8 Å². The number of amides is 2. The van der Waals surface area contributed by atoms with Crippen LogP contribution in [0.5, 0.6) is 0 Å². The van der Waals surface area contributed by atoms with E-state index in [-0.39, 0.29) is 18.2 Å². The van der Waals surface area contributed by atoms with Crippen molar-refractivity contribution in [3.8, 4) is 0 Å². The van der Waals surface area contributed by atoms with Crippen molar-refractivity contribution in [2.45, 2.75) is 52.2 Å². The van der Waals surface area contributed by atoms with Crippen LogP contribution in [0.4, 0.5) is 10.6 Å². The van der Waals surface area contributed by atoms with Crippen molar-refractivity contribution in [1.82, 2.24) is 15.1 Å². The number of aromatic nitrogens is 2. The zero-order chi connectivity index (χ0) is 14.3. The van der Waals surface area contributed by atoms with Gasteiger partial charge in [0.25, 0.3) is 0 Å². The molecule has 108 valence electrons. The van der Waals surface area contributed by atoms with Crippen LogP contribution >= 0.6 is 0 Å². The first kappa shape index (κ1) is 15.5. The Morgan fingerprint density at radius 2 is 2.21 bits per heavy atom. The number of aliphatic hydroxyl groups excluding tert-OH is 1. The van der Waals surface area contributed by atoms with Gasteiger partial charge < -0.3 is 10.4 Å². The highest BCUT2D eigenvalue weighted by Gasteiger charge is 2.11. The SMILES string of the molecule is CCC(O)CCNC(=O)Nc1ccnn1C(C)CC. The zero-order valence-electron chi connectivity index (χ0n) is 11.9. The van der Waals surface area contributed by atoms with Gasteiger partial charge in [0.1, 0.15) is 5.82 Å². The lowest BCUT2D eigenvalue weighted by molar-refractivity contribution is 0.160. The largest absolute Gasteiger partial charge is 0.393 e. The van der Waals surface area contributed by atoms with Gasteiger partial charge in [0.15, 0.2) is 0 Å². The lowest BCUT2D eigenvalue weighted by atomic mass is 10.2. The molecule has 0 aromatic carbocycles. The average molecular weight is 268 g/mol. The topological polar surface area (TPSA) is 79.2 Å². The molecule has 0 saturated carbocycles. The number of carbonyl (C=O) groups excluding carboxylic acids is 1. The molecule has 19 heavy (non-hydrogen) atoms. The summed E-state index contributed by atoms with van der Waals surface area (Å²) in [5.74, 6) is 0.683. The van der Waals surface area contributed by atoms with Crippen LogP contribution in [0.2, 0.25) is 0 Å². The van der Waals surface area contributed by atoms with Crippen LogP contribution < -0.4 is 10.6 Å². The van der Waals surface area contributed by atoms with E-state index in [0.29, 0.717) is 25.2 Å². The van der Waals surface area contributed by atoms with Gasteiger partial charge in [-0.25, -0.2) is 9.48 Å². The van der Waals surface area contributed by atoms with Gasteiger partial charge in [0, 0.05) is 12.6 Å². The molecular weight excluding hydrogens is 244 g/mol. The Hall–Kier alpha value is -1.56. The lowest BCUT2D eigenvalue weighted by Crippen LogP contribution is -2.32. The molecule has 0 spiro atoms. The second-order valence-electron chi connectivity index (χ2n) is 4.65. The summed E-state index contributed by atoms with van der Waals surface area (Å²) >= 11 is 0. The molecule has 0 fully saturated rings. The molecule has 2 atom stereocenters. The minimum Gasteiger partial charge on any atom is -0.393 e. The Kier molecular flexibility index (Phi) is 6.35. The van der Waals surface area contributed by atoms with Crippen LogP contribution in [0, 0.1) is 0 Å². The summed E-state index contributed by atoms with van der Waals surface area (Å²) in [4.78, 5) is 11.7. The van der Waals surface area contributed by atoms with E-state index in [2.05, 4.69) is 22.7 Å². The quantitative estimate of drug-likeness (QED) is 0.709. The number of aliphatic hydroxyl groups is 1. The summed E-state index contributed by atoms with van der Waals surface area (Å²) in [7, 11) is 0. The van der Waals surface area contributed by atoms with Crippen molar-refractivity contribution in [3.63, 3.8) is 0 Å². The van der Waals surface area contributed by atoms with Crippen molar-refractivity contribution < 1.29 is 9.90 Å². The van der Waals surface area contributed by atoms with Crippen molar-refractivity contribution in [2.24, 2.45) is 0 Å². The van der Waals surface area contributed by atoms with Crippen molar-refractivity contribution in [2.75, 3.05) is 11.9 Å². The van der Waals surface area contributed by atoms with Gasteiger partial charge in [0.2, 0.25) is 0 Å². The van der Waals surface area contributed by atoms with E-state index < -0.39 is 0 Å². The van der Waals surface area contributed by atoms with Crippen molar-refractivity contribution in [1.29, 1.82) is 0 Å². The average Bonchev–Trinajstić information content (AvgIpc) is 2.85. The fourth-order valence-corrected chi connectivity index (χ4v) is 1.65. The van der Waals surface area contributed by atoms with Gasteiger partial charge in [-0.3, -0.25) is 5.32 Å². The molecule has 1 heterocycles. The summed E-state index contributed by atoms with van der Waals surface area (Å²) in [5.41, 5.74) is 0. The van der Waals surface area contributed by atoms with Crippen LogP contribution in [0.3, 0.4) is 0 Å². The minimum absolute atomic E-state index is 0.243. The standard InChI is InChI=1S/C13H24N4O2/c1-4-10(3)17-12(7-9-15-17)16-13(19)14-8-6-11(18)5-2/h7,9-11,18H,4-6,8H2,1-3H3,(H2,14,16,19). The molecule has 1 rings (SSSR count). The Bertz CT molecular complexity index is 392. The fourth-order valence-electron chi connectivity index (χ4n) is 1.65. The first-order valence-corrected chi connectivity index (χ1v) is 6.84. The van der Waals surface area contributed by atoms with Crippen molar-refractivity contribution in [3.05, 3.63) is 12.3 Å². The summed E-state index contributed by atoms with van der Waals surface area (Å²) in [6.45, 7) is 6.49. The highest BCUT2D eigenvalue weighted by atomic mass is 16.3. The molecule has 6 heteroatoms. The Morgan fingerprint density at radius 3 is 2.84 bits per heavy atom. The second kappa shape index (κ2) is 7.78. The second-order valence-corrected chi connectivity index (χ2v) is 4.65. The molecule has 0 aliphatic carbocycles. The van der Waals surface area contributed by atoms with Crippen molar-refractivity contribution >= 4 is 11.8 Å². The highest BCUT2D eigenvalue weighted by Crippen LogP contribution is 2.15. The zero-order valence-corrected chi connectivity index (χ0v) is 11.9. The van der Waals surface area contributed by atoms with Crippen LogP contribution in [-0.2, 0) is 0 Å². The summed E-state index contributed by atoms with van der Waals surface area (Å²) in [6, 6.07) is 1.74. The molecule has 0 aliphatic heterocycles. The monoisotopic (exact) mass is 268 g/mol. The van der Waals surface area contributed by atoms with Gasteiger partial charge in [-0.15, -0.1) is 0 Å². The van der Waals surface area contributed by atoms with E-state index in [0.717, 1.165) is 6.42 Å². The molecule has 0 bridgehead atoms. The molecule has 6 nitrogen and oxygen atoms in total. The maximum Gasteiger partial charge on any atom is 0.320 e. The molecule has 1 aromatic heterocycles. The fraction of sp³-hybridized carbons (Fsp3) is 0.692.